The molecule has 0 unspecified atom stereocenters. The predicted octanol–water partition coefficient (Wildman–Crippen LogP) is 3.13. The highest BCUT2D eigenvalue weighted by Crippen LogP contribution is 2.27. The van der Waals surface area contributed by atoms with E-state index in [1.165, 1.54) is 12.1 Å². The zero-order valence-electron chi connectivity index (χ0n) is 9.65. The van der Waals surface area contributed by atoms with Crippen LogP contribution in [-0.4, -0.2) is 11.0 Å². The molecule has 98 valence electrons. The molecule has 6 heteroatoms. The molecule has 19 heavy (non-hydrogen) atoms. The van der Waals surface area contributed by atoms with Crippen LogP contribution >= 0.6 is 15.9 Å². The lowest BCUT2D eigenvalue weighted by Crippen LogP contribution is -2.14. The third-order valence-corrected chi connectivity index (χ3v) is 3.12. The number of nitrogen functional groups attached to an aromatic ring is 1. The summed E-state index contributed by atoms with van der Waals surface area (Å²) in [6.07, 6.45) is 0. The lowest BCUT2D eigenvalue weighted by Gasteiger charge is -2.09. The van der Waals surface area contributed by atoms with Crippen LogP contribution in [0.2, 0.25) is 0 Å². The molecule has 2 rings (SSSR count). The van der Waals surface area contributed by atoms with Gasteiger partial charge in [-0.05, 0) is 46.3 Å². The number of hydrogen-bond acceptors (Lipinski definition) is 3. The normalized spacial score (nSPS) is 10.2. The molecule has 0 radical (unpaired) electrons. The van der Waals surface area contributed by atoms with Gasteiger partial charge in [0.1, 0.15) is 17.1 Å². The number of rotatable bonds is 2. The Hall–Kier alpha value is -2.08. The molecule has 0 aromatic heterocycles. The van der Waals surface area contributed by atoms with Crippen molar-refractivity contribution in [2.75, 3.05) is 11.1 Å². The van der Waals surface area contributed by atoms with Crippen molar-refractivity contribution in [2.24, 2.45) is 0 Å². The van der Waals surface area contributed by atoms with Gasteiger partial charge in [-0.1, -0.05) is 6.07 Å². The maximum Gasteiger partial charge on any atom is 0.262 e. The quantitative estimate of drug-likeness (QED) is 0.743. The molecule has 0 aliphatic rings. The van der Waals surface area contributed by atoms with Gasteiger partial charge in [0.15, 0.2) is 0 Å². The van der Waals surface area contributed by atoms with Gasteiger partial charge >= 0.3 is 0 Å². The summed E-state index contributed by atoms with van der Waals surface area (Å²) in [5.41, 5.74) is 6.14. The van der Waals surface area contributed by atoms with Crippen LogP contribution in [0.25, 0.3) is 0 Å². The largest absolute Gasteiger partial charge is 0.507 e. The predicted molar refractivity (Wildman–Crippen MR) is 74.6 cm³/mol. The van der Waals surface area contributed by atoms with E-state index in [0.717, 1.165) is 6.07 Å². The second-order valence-corrected chi connectivity index (χ2v) is 4.68. The number of halogens is 2. The van der Waals surface area contributed by atoms with Crippen molar-refractivity contribution in [3.63, 3.8) is 0 Å². The van der Waals surface area contributed by atoms with Gasteiger partial charge in [-0.2, -0.15) is 0 Å². The Morgan fingerprint density at radius 2 is 2.05 bits per heavy atom. The zero-order chi connectivity index (χ0) is 14.0. The van der Waals surface area contributed by atoms with Gasteiger partial charge in [0.25, 0.3) is 5.91 Å². The highest BCUT2D eigenvalue weighted by Gasteiger charge is 2.17. The minimum absolute atomic E-state index is 0.397. The van der Waals surface area contributed by atoms with Crippen molar-refractivity contribution >= 4 is 33.2 Å². The number of nitrogens with two attached hydrogens (primary N) is 1. The number of aromatic hydroxyl groups is 1. The lowest BCUT2D eigenvalue weighted by atomic mass is 10.1. The summed E-state index contributed by atoms with van der Waals surface area (Å²) in [7, 11) is 0. The van der Waals surface area contributed by atoms with Gasteiger partial charge in [-0.25, -0.2) is 4.39 Å². The molecule has 2 aromatic rings. The maximum absolute atomic E-state index is 13.5. The molecule has 0 saturated heterocycles. The number of phenols is 1. The Balaban J connectivity index is 2.31. The van der Waals surface area contributed by atoms with Crippen molar-refractivity contribution in [1.82, 2.24) is 0 Å². The van der Waals surface area contributed by atoms with Crippen molar-refractivity contribution in [3.05, 3.63) is 52.3 Å². The average molecular weight is 325 g/mol. The number of carbonyl (C=O) groups is 1. The average Bonchev–Trinajstić information content (AvgIpc) is 2.32. The standard InChI is InChI=1S/C13H10BrFN2O2/c14-8-6-7(16)4-5-10(8)17-13(19)12-9(15)2-1-3-11(12)18/h1-6,18H,16H2,(H,17,19). The van der Waals surface area contributed by atoms with E-state index in [9.17, 15) is 14.3 Å². The van der Waals surface area contributed by atoms with Crippen LogP contribution in [0.5, 0.6) is 5.75 Å². The first kappa shape index (κ1) is 13.4. The minimum atomic E-state index is -0.788. The Bertz CT molecular complexity index is 626. The molecule has 0 heterocycles. The molecule has 0 aliphatic heterocycles. The third kappa shape index (κ3) is 2.85. The van der Waals surface area contributed by atoms with Gasteiger partial charge in [0.05, 0.1) is 5.69 Å². The number of carbonyl (C=O) groups excluding carboxylic acids is 1. The molecule has 1 amide bonds. The number of amides is 1. The van der Waals surface area contributed by atoms with Crippen LogP contribution in [0.4, 0.5) is 15.8 Å². The van der Waals surface area contributed by atoms with Crippen molar-refractivity contribution in [3.8, 4) is 5.75 Å². The van der Waals surface area contributed by atoms with Crippen LogP contribution < -0.4 is 11.1 Å². The number of nitrogens with one attached hydrogen (secondary N) is 1. The van der Waals surface area contributed by atoms with E-state index in [1.807, 2.05) is 0 Å². The Kier molecular flexibility index (Phi) is 3.71. The Morgan fingerprint density at radius 1 is 1.32 bits per heavy atom. The van der Waals surface area contributed by atoms with E-state index < -0.39 is 23.0 Å². The number of phenolic OH excluding ortho intramolecular Hbond substituents is 1. The van der Waals surface area contributed by atoms with Gasteiger partial charge in [0, 0.05) is 10.2 Å². The smallest absolute Gasteiger partial charge is 0.262 e. The zero-order valence-corrected chi connectivity index (χ0v) is 11.2. The van der Waals surface area contributed by atoms with Gasteiger partial charge in [-0.15, -0.1) is 0 Å². The SMILES string of the molecule is Nc1ccc(NC(=O)c2c(O)cccc2F)c(Br)c1. The van der Waals surface area contributed by atoms with E-state index >= 15 is 0 Å². The highest BCUT2D eigenvalue weighted by molar-refractivity contribution is 9.10. The molecular weight excluding hydrogens is 315 g/mol. The van der Waals surface area contributed by atoms with E-state index in [-0.39, 0.29) is 0 Å². The topological polar surface area (TPSA) is 75.3 Å². The summed E-state index contributed by atoms with van der Waals surface area (Å²) in [5.74, 6) is -1.94. The van der Waals surface area contributed by atoms with Gasteiger partial charge in [0.2, 0.25) is 0 Å². The maximum atomic E-state index is 13.5. The molecule has 0 aliphatic carbocycles. The van der Waals surface area contributed by atoms with Gasteiger partial charge < -0.3 is 16.2 Å². The number of anilines is 2. The van der Waals surface area contributed by atoms with Gasteiger partial charge in [-0.3, -0.25) is 4.79 Å². The monoisotopic (exact) mass is 324 g/mol. The molecular formula is C13H10BrFN2O2. The van der Waals surface area contributed by atoms with Crippen molar-refractivity contribution in [1.29, 1.82) is 0 Å². The fourth-order valence-corrected chi connectivity index (χ4v) is 2.05. The van der Waals surface area contributed by atoms with E-state index in [1.54, 1.807) is 18.2 Å². The van der Waals surface area contributed by atoms with Crippen LogP contribution in [0.3, 0.4) is 0 Å². The summed E-state index contributed by atoms with van der Waals surface area (Å²) in [6.45, 7) is 0. The second-order valence-electron chi connectivity index (χ2n) is 3.83. The molecule has 0 fully saturated rings. The number of benzene rings is 2. The Morgan fingerprint density at radius 3 is 2.68 bits per heavy atom. The van der Waals surface area contributed by atoms with Crippen molar-refractivity contribution < 1.29 is 14.3 Å². The van der Waals surface area contributed by atoms with Crippen molar-refractivity contribution in [2.45, 2.75) is 0 Å². The fourth-order valence-electron chi connectivity index (χ4n) is 1.56. The summed E-state index contributed by atoms with van der Waals surface area (Å²) in [5, 5.41) is 12.0. The summed E-state index contributed by atoms with van der Waals surface area (Å²) in [4.78, 5) is 11.9. The number of hydrogen-bond donors (Lipinski definition) is 3. The molecule has 0 bridgehead atoms. The van der Waals surface area contributed by atoms with Crippen LogP contribution in [-0.2, 0) is 0 Å². The molecule has 0 saturated carbocycles. The Labute approximate surface area is 117 Å². The van der Waals surface area contributed by atoms with Crippen LogP contribution in [0, 0.1) is 5.82 Å². The van der Waals surface area contributed by atoms with Crippen LogP contribution in [0.1, 0.15) is 10.4 Å². The first-order valence-electron chi connectivity index (χ1n) is 5.33. The summed E-state index contributed by atoms with van der Waals surface area (Å²) in [6, 6.07) is 8.46. The van der Waals surface area contributed by atoms with E-state index in [2.05, 4.69) is 21.2 Å². The second kappa shape index (κ2) is 5.27. The lowest BCUT2D eigenvalue weighted by molar-refractivity contribution is 0.102. The van der Waals surface area contributed by atoms with E-state index in [0.29, 0.717) is 15.8 Å². The molecule has 0 atom stereocenters. The highest BCUT2D eigenvalue weighted by atomic mass is 79.9. The fraction of sp³-hybridized carbons (Fsp3) is 0. The minimum Gasteiger partial charge on any atom is -0.507 e. The molecule has 4 nitrogen and oxygen atoms in total. The molecule has 4 N–H and O–H groups in total. The van der Waals surface area contributed by atoms with Crippen LogP contribution in [0.15, 0.2) is 40.9 Å². The summed E-state index contributed by atoms with van der Waals surface area (Å²) >= 11 is 3.23. The first-order valence-corrected chi connectivity index (χ1v) is 6.12. The first-order chi connectivity index (χ1) is 8.99. The third-order valence-electron chi connectivity index (χ3n) is 2.46. The van der Waals surface area contributed by atoms with E-state index in [4.69, 9.17) is 5.73 Å². The summed E-state index contributed by atoms with van der Waals surface area (Å²) < 4.78 is 14.1. The molecule has 0 spiro atoms. The molecule has 2 aromatic carbocycles.